The lowest BCUT2D eigenvalue weighted by molar-refractivity contribution is 0.00748. The van der Waals surface area contributed by atoms with Gasteiger partial charge >= 0.3 is 0 Å². The minimum atomic E-state index is -0.245. The quantitative estimate of drug-likeness (QED) is 0.885. The van der Waals surface area contributed by atoms with E-state index in [0.717, 1.165) is 19.4 Å². The minimum Gasteiger partial charge on any atom is -0.392 e. The summed E-state index contributed by atoms with van der Waals surface area (Å²) in [7, 11) is 0. The lowest BCUT2D eigenvalue weighted by atomic mass is 9.89. The van der Waals surface area contributed by atoms with Gasteiger partial charge in [-0.3, -0.25) is 4.90 Å². The summed E-state index contributed by atoms with van der Waals surface area (Å²) in [5, 5.41) is 10.6. The van der Waals surface area contributed by atoms with Gasteiger partial charge in [0, 0.05) is 6.04 Å². The standard InChI is InChI=1S/C21H27NO/c1-2-20(23)19-15-9-10-16-22(19)21(17-11-5-3-6-12-17)18-13-7-4-8-14-18/h3-8,11-14,19-21,23H,2,9-10,15-16H2,1H3/t19?,20-/m0/s1. The molecule has 0 saturated carbocycles. The summed E-state index contributed by atoms with van der Waals surface area (Å²) >= 11 is 0. The maximum absolute atomic E-state index is 10.6. The zero-order valence-corrected chi connectivity index (χ0v) is 13.9. The van der Waals surface area contributed by atoms with Crippen LogP contribution in [0.3, 0.4) is 0 Å². The Bertz CT molecular complexity index is 544. The Balaban J connectivity index is 2.00. The van der Waals surface area contributed by atoms with Crippen molar-refractivity contribution in [3.05, 3.63) is 71.8 Å². The van der Waals surface area contributed by atoms with Crippen molar-refractivity contribution in [2.45, 2.75) is 50.8 Å². The van der Waals surface area contributed by atoms with Crippen molar-refractivity contribution in [3.63, 3.8) is 0 Å². The highest BCUT2D eigenvalue weighted by Gasteiger charge is 2.34. The van der Waals surface area contributed by atoms with Crippen LogP contribution in [0.2, 0.25) is 0 Å². The minimum absolute atomic E-state index is 0.226. The van der Waals surface area contributed by atoms with Gasteiger partial charge in [0.1, 0.15) is 0 Å². The van der Waals surface area contributed by atoms with Crippen molar-refractivity contribution < 1.29 is 5.11 Å². The van der Waals surface area contributed by atoms with Crippen LogP contribution in [0.1, 0.15) is 49.8 Å². The maximum atomic E-state index is 10.6. The third-order valence-electron chi connectivity index (χ3n) is 5.02. The third-order valence-corrected chi connectivity index (χ3v) is 5.02. The van der Waals surface area contributed by atoms with Crippen LogP contribution in [0.4, 0.5) is 0 Å². The zero-order chi connectivity index (χ0) is 16.1. The topological polar surface area (TPSA) is 23.5 Å². The monoisotopic (exact) mass is 309 g/mol. The molecular formula is C21H27NO. The van der Waals surface area contributed by atoms with Crippen LogP contribution in [0.15, 0.2) is 60.7 Å². The molecule has 0 aliphatic carbocycles. The van der Waals surface area contributed by atoms with Gasteiger partial charge in [-0.15, -0.1) is 0 Å². The number of benzene rings is 2. The average molecular weight is 309 g/mol. The van der Waals surface area contributed by atoms with Crippen LogP contribution in [-0.2, 0) is 0 Å². The molecule has 1 heterocycles. The summed E-state index contributed by atoms with van der Waals surface area (Å²) in [6.45, 7) is 3.13. The van der Waals surface area contributed by atoms with Gasteiger partial charge in [-0.2, -0.15) is 0 Å². The van der Waals surface area contributed by atoms with Gasteiger partial charge in [0.15, 0.2) is 0 Å². The molecule has 0 spiro atoms. The summed E-state index contributed by atoms with van der Waals surface area (Å²) in [6, 6.07) is 21.9. The molecule has 2 atom stereocenters. The molecule has 0 radical (unpaired) electrons. The Morgan fingerprint density at radius 3 is 2.04 bits per heavy atom. The molecule has 1 N–H and O–H groups in total. The number of likely N-dealkylation sites (tertiary alicyclic amines) is 1. The molecule has 1 saturated heterocycles. The van der Waals surface area contributed by atoms with E-state index in [-0.39, 0.29) is 18.2 Å². The molecule has 2 heteroatoms. The van der Waals surface area contributed by atoms with E-state index in [1.54, 1.807) is 0 Å². The van der Waals surface area contributed by atoms with Gasteiger partial charge in [0.25, 0.3) is 0 Å². The Morgan fingerprint density at radius 2 is 1.52 bits per heavy atom. The lowest BCUT2D eigenvalue weighted by Gasteiger charge is -2.43. The SMILES string of the molecule is CC[C@H](O)C1CCCCN1C(c1ccccc1)c1ccccc1. The molecular weight excluding hydrogens is 282 g/mol. The van der Waals surface area contributed by atoms with Crippen molar-refractivity contribution >= 4 is 0 Å². The fourth-order valence-corrected chi connectivity index (χ4v) is 3.83. The van der Waals surface area contributed by atoms with Crippen LogP contribution in [0.25, 0.3) is 0 Å². The molecule has 2 aromatic rings. The third kappa shape index (κ3) is 3.65. The van der Waals surface area contributed by atoms with E-state index in [4.69, 9.17) is 0 Å². The summed E-state index contributed by atoms with van der Waals surface area (Å²) < 4.78 is 0. The zero-order valence-electron chi connectivity index (χ0n) is 13.9. The first-order chi connectivity index (χ1) is 11.3. The highest BCUT2D eigenvalue weighted by atomic mass is 16.3. The van der Waals surface area contributed by atoms with Crippen LogP contribution in [0.5, 0.6) is 0 Å². The highest BCUT2D eigenvalue weighted by molar-refractivity contribution is 5.32. The molecule has 3 rings (SSSR count). The molecule has 2 nitrogen and oxygen atoms in total. The molecule has 0 bridgehead atoms. The Labute approximate surface area is 139 Å². The van der Waals surface area contributed by atoms with Gasteiger partial charge < -0.3 is 5.11 Å². The van der Waals surface area contributed by atoms with Crippen molar-refractivity contribution in [1.29, 1.82) is 0 Å². The molecule has 0 amide bonds. The van der Waals surface area contributed by atoms with E-state index in [9.17, 15) is 5.11 Å². The number of hydrogen-bond acceptors (Lipinski definition) is 2. The van der Waals surface area contributed by atoms with Gasteiger partial charge in [0.05, 0.1) is 12.1 Å². The van der Waals surface area contributed by atoms with Gasteiger partial charge in [-0.25, -0.2) is 0 Å². The van der Waals surface area contributed by atoms with Crippen LogP contribution >= 0.6 is 0 Å². The fraction of sp³-hybridized carbons (Fsp3) is 0.429. The van der Waals surface area contributed by atoms with Crippen molar-refractivity contribution in [3.8, 4) is 0 Å². The summed E-state index contributed by atoms with van der Waals surface area (Å²) in [6.07, 6.45) is 4.09. The van der Waals surface area contributed by atoms with Crippen LogP contribution < -0.4 is 0 Å². The molecule has 1 aliphatic rings. The predicted octanol–water partition coefficient (Wildman–Crippen LogP) is 4.40. The Hall–Kier alpha value is -1.64. The van der Waals surface area contributed by atoms with E-state index in [0.29, 0.717) is 0 Å². The molecule has 23 heavy (non-hydrogen) atoms. The molecule has 2 aromatic carbocycles. The fourth-order valence-electron chi connectivity index (χ4n) is 3.83. The Kier molecular flexibility index (Phi) is 5.47. The molecule has 1 unspecified atom stereocenters. The summed E-state index contributed by atoms with van der Waals surface area (Å²) in [5.41, 5.74) is 2.63. The number of aliphatic hydroxyl groups excluding tert-OH is 1. The normalized spacial score (nSPS) is 20.6. The highest BCUT2D eigenvalue weighted by Crippen LogP contribution is 2.35. The Morgan fingerprint density at radius 1 is 0.957 bits per heavy atom. The van der Waals surface area contributed by atoms with E-state index in [2.05, 4.69) is 72.5 Å². The predicted molar refractivity (Wildman–Crippen MR) is 95.4 cm³/mol. The second kappa shape index (κ2) is 7.76. The molecule has 1 fully saturated rings. The molecule has 0 aromatic heterocycles. The second-order valence-corrected chi connectivity index (χ2v) is 6.50. The van der Waals surface area contributed by atoms with Crippen molar-refractivity contribution in [2.75, 3.05) is 6.54 Å². The van der Waals surface area contributed by atoms with Gasteiger partial charge in [-0.05, 0) is 36.9 Å². The van der Waals surface area contributed by atoms with E-state index < -0.39 is 0 Å². The average Bonchev–Trinajstić information content (AvgIpc) is 2.63. The van der Waals surface area contributed by atoms with E-state index >= 15 is 0 Å². The largest absolute Gasteiger partial charge is 0.392 e. The summed E-state index contributed by atoms with van der Waals surface area (Å²) in [4.78, 5) is 2.53. The summed E-state index contributed by atoms with van der Waals surface area (Å²) in [5.74, 6) is 0. The number of nitrogens with zero attached hydrogens (tertiary/aromatic N) is 1. The number of piperidine rings is 1. The maximum Gasteiger partial charge on any atom is 0.0693 e. The smallest absolute Gasteiger partial charge is 0.0693 e. The number of aliphatic hydroxyl groups is 1. The first kappa shape index (κ1) is 16.2. The van der Waals surface area contributed by atoms with E-state index in [1.807, 2.05) is 0 Å². The number of hydrogen-bond donors (Lipinski definition) is 1. The lowest BCUT2D eigenvalue weighted by Crippen LogP contribution is -2.48. The molecule has 122 valence electrons. The van der Waals surface area contributed by atoms with Crippen LogP contribution in [0, 0.1) is 0 Å². The van der Waals surface area contributed by atoms with Gasteiger partial charge in [-0.1, -0.05) is 74.0 Å². The first-order valence-electron chi connectivity index (χ1n) is 8.85. The second-order valence-electron chi connectivity index (χ2n) is 6.50. The molecule has 1 aliphatic heterocycles. The van der Waals surface area contributed by atoms with Gasteiger partial charge in [0.2, 0.25) is 0 Å². The van der Waals surface area contributed by atoms with Crippen molar-refractivity contribution in [1.82, 2.24) is 4.90 Å². The van der Waals surface area contributed by atoms with Crippen molar-refractivity contribution in [2.24, 2.45) is 0 Å². The first-order valence-corrected chi connectivity index (χ1v) is 8.85. The van der Waals surface area contributed by atoms with Crippen LogP contribution in [-0.4, -0.2) is 28.7 Å². The number of rotatable bonds is 5. The van der Waals surface area contributed by atoms with E-state index in [1.165, 1.54) is 24.0 Å².